The molecule has 11 heteroatoms. The van der Waals surface area contributed by atoms with E-state index in [-0.39, 0.29) is 5.54 Å². The summed E-state index contributed by atoms with van der Waals surface area (Å²) in [4.78, 5) is 18.9. The van der Waals surface area contributed by atoms with Crippen molar-refractivity contribution in [3.8, 4) is 0 Å². The van der Waals surface area contributed by atoms with Gasteiger partial charge in [-0.05, 0) is 46.0 Å². The maximum absolute atomic E-state index is 13.0. The molecule has 1 aromatic carbocycles. The van der Waals surface area contributed by atoms with Crippen molar-refractivity contribution in [2.75, 3.05) is 20.1 Å². The first kappa shape index (κ1) is 33.2. The predicted octanol–water partition coefficient (Wildman–Crippen LogP) is 6.89. The normalized spacial score (nSPS) is 12.8. The van der Waals surface area contributed by atoms with Crippen LogP contribution in [0.2, 0.25) is 0 Å². The van der Waals surface area contributed by atoms with Crippen molar-refractivity contribution in [1.82, 2.24) is 19.7 Å². The van der Waals surface area contributed by atoms with Crippen LogP contribution >= 0.6 is 15.9 Å². The van der Waals surface area contributed by atoms with Crippen molar-refractivity contribution in [3.05, 3.63) is 52.4 Å². The lowest BCUT2D eigenvalue weighted by atomic mass is 10.1. The minimum atomic E-state index is -4.32. The van der Waals surface area contributed by atoms with E-state index in [1.165, 1.54) is 4.57 Å². The molecule has 0 saturated heterocycles. The minimum Gasteiger partial charge on any atom is -0.329 e. The number of hydrogen-bond acceptors (Lipinski definition) is 5. The Kier molecular flexibility index (Phi) is 13.1. The summed E-state index contributed by atoms with van der Waals surface area (Å²) in [7, 11) is 1.79. The highest BCUT2D eigenvalue weighted by Gasteiger charge is 2.31. The van der Waals surface area contributed by atoms with Crippen molar-refractivity contribution in [3.63, 3.8) is 0 Å². The van der Waals surface area contributed by atoms with Crippen molar-refractivity contribution in [2.24, 2.45) is 9.98 Å². The summed E-state index contributed by atoms with van der Waals surface area (Å²) in [6, 6.07) is 6.89. The van der Waals surface area contributed by atoms with E-state index < -0.39 is 12.7 Å². The molecule has 0 fully saturated rings. The van der Waals surface area contributed by atoms with Crippen molar-refractivity contribution < 1.29 is 18.0 Å². The van der Waals surface area contributed by atoms with E-state index in [0.717, 1.165) is 16.5 Å². The van der Waals surface area contributed by atoms with Gasteiger partial charge in [0.25, 0.3) is 0 Å². The molecule has 210 valence electrons. The summed E-state index contributed by atoms with van der Waals surface area (Å²) < 4.78 is 42.7. The van der Waals surface area contributed by atoms with Gasteiger partial charge in [-0.15, -0.1) is 0 Å². The van der Waals surface area contributed by atoms with Crippen LogP contribution in [0.1, 0.15) is 64.5 Å². The van der Waals surface area contributed by atoms with E-state index in [0.29, 0.717) is 41.1 Å². The molecule has 1 N–H and O–H groups in total. The molecule has 0 aliphatic carbocycles. The lowest BCUT2D eigenvalue weighted by Crippen LogP contribution is -2.21. The molecular formula is C27H38BrF3N6O. The van der Waals surface area contributed by atoms with Crippen LogP contribution in [0.4, 0.5) is 13.2 Å². The highest BCUT2D eigenvalue weighted by molar-refractivity contribution is 9.10. The van der Waals surface area contributed by atoms with Gasteiger partial charge in [0.2, 0.25) is 0 Å². The molecule has 0 radical (unpaired) electrons. The van der Waals surface area contributed by atoms with Gasteiger partial charge in [0.15, 0.2) is 12.1 Å². The summed E-state index contributed by atoms with van der Waals surface area (Å²) >= 11 is 3.39. The van der Waals surface area contributed by atoms with Gasteiger partial charge in [0.1, 0.15) is 6.54 Å². The fourth-order valence-corrected chi connectivity index (χ4v) is 3.84. The van der Waals surface area contributed by atoms with E-state index in [2.05, 4.69) is 36.3 Å². The molecule has 3 heterocycles. The van der Waals surface area contributed by atoms with Crippen LogP contribution in [-0.2, 0) is 12.1 Å². The number of aliphatic imine (C=N–C) groups is 2. The molecule has 0 amide bonds. The SMILES string of the molecule is CC.CC.CC(C)(C)n1cc(C=O)cn1.CNCC1=NC(c2cc3c(Br)cccc3n2CC(F)(F)F)=NC1. The molecule has 0 saturated carbocycles. The molecule has 38 heavy (non-hydrogen) atoms. The first-order valence-corrected chi connectivity index (χ1v) is 13.3. The number of rotatable bonds is 5. The molecule has 3 aromatic rings. The number of carbonyl (C=O) groups is 1. The summed E-state index contributed by atoms with van der Waals surface area (Å²) in [6.07, 6.45) is -0.208. The number of halogens is 4. The van der Waals surface area contributed by atoms with Crippen LogP contribution in [0, 0.1) is 0 Å². The number of carbonyl (C=O) groups excluding carboxylic acids is 1. The van der Waals surface area contributed by atoms with Crippen LogP contribution < -0.4 is 5.32 Å². The largest absolute Gasteiger partial charge is 0.406 e. The zero-order valence-corrected chi connectivity index (χ0v) is 24.9. The van der Waals surface area contributed by atoms with Crippen molar-refractivity contribution >= 4 is 44.7 Å². The Labute approximate surface area is 231 Å². The second-order valence-electron chi connectivity index (χ2n) is 8.76. The lowest BCUT2D eigenvalue weighted by molar-refractivity contribution is -0.139. The lowest BCUT2D eigenvalue weighted by Gasteiger charge is -2.18. The fraction of sp³-hybridized carbons (Fsp3) is 0.481. The van der Waals surface area contributed by atoms with E-state index >= 15 is 0 Å². The molecule has 1 aliphatic heterocycles. The zero-order chi connectivity index (χ0) is 29.1. The van der Waals surface area contributed by atoms with Gasteiger partial charge >= 0.3 is 6.18 Å². The Bertz CT molecular complexity index is 1240. The molecule has 2 aromatic heterocycles. The molecule has 1 aliphatic rings. The third kappa shape index (κ3) is 9.20. The van der Waals surface area contributed by atoms with Gasteiger partial charge < -0.3 is 9.88 Å². The maximum atomic E-state index is 13.0. The summed E-state index contributed by atoms with van der Waals surface area (Å²) in [6.45, 7) is 14.0. The van der Waals surface area contributed by atoms with Gasteiger partial charge in [-0.2, -0.15) is 18.3 Å². The van der Waals surface area contributed by atoms with Gasteiger partial charge in [0, 0.05) is 22.6 Å². The number of nitrogens with zero attached hydrogens (tertiary/aromatic N) is 5. The molecular weight excluding hydrogens is 561 g/mol. The second-order valence-corrected chi connectivity index (χ2v) is 9.61. The third-order valence-electron chi connectivity index (χ3n) is 4.94. The van der Waals surface area contributed by atoms with Gasteiger partial charge in [-0.1, -0.05) is 49.7 Å². The average molecular weight is 600 g/mol. The highest BCUT2D eigenvalue weighted by Crippen LogP contribution is 2.31. The molecule has 7 nitrogen and oxygen atoms in total. The molecule has 0 spiro atoms. The molecule has 0 unspecified atom stereocenters. The summed E-state index contributed by atoms with van der Waals surface area (Å²) in [5.74, 6) is 0.350. The van der Waals surface area contributed by atoms with E-state index in [1.807, 2.05) is 48.5 Å². The second kappa shape index (κ2) is 15.0. The molecule has 4 rings (SSSR count). The number of fused-ring (bicyclic) bond motifs is 1. The zero-order valence-electron chi connectivity index (χ0n) is 23.3. The Morgan fingerprint density at radius 2 is 1.79 bits per heavy atom. The topological polar surface area (TPSA) is 76.6 Å². The van der Waals surface area contributed by atoms with Crippen LogP contribution in [0.3, 0.4) is 0 Å². The predicted molar refractivity (Wildman–Crippen MR) is 154 cm³/mol. The van der Waals surface area contributed by atoms with Crippen molar-refractivity contribution in [1.29, 1.82) is 0 Å². The number of benzene rings is 1. The van der Waals surface area contributed by atoms with Crippen LogP contribution in [0.25, 0.3) is 10.9 Å². The third-order valence-corrected chi connectivity index (χ3v) is 5.63. The first-order chi connectivity index (χ1) is 17.9. The monoisotopic (exact) mass is 598 g/mol. The van der Waals surface area contributed by atoms with Gasteiger partial charge in [-0.3, -0.25) is 14.5 Å². The summed E-state index contributed by atoms with van der Waals surface area (Å²) in [5, 5.41) is 7.73. The Hall–Kier alpha value is -2.79. The first-order valence-electron chi connectivity index (χ1n) is 12.5. The van der Waals surface area contributed by atoms with Crippen LogP contribution in [0.5, 0.6) is 0 Å². The number of hydrogen-bond donors (Lipinski definition) is 1. The standard InChI is InChI=1S/C15H14BrF3N4.C8H12N2O.2C2H6/c1-20-6-9-7-21-14(22-9)13-5-10-11(16)3-2-4-12(10)23(13)8-15(17,18)19;1-8(2,3)10-5-7(6-11)4-9-10;2*1-2/h2-5,20H,6-8H2,1H3;4-6H,1-3H3;2*1-2H3. The number of aldehydes is 1. The van der Waals surface area contributed by atoms with Crippen LogP contribution in [0.15, 0.2) is 51.1 Å². The van der Waals surface area contributed by atoms with Crippen LogP contribution in [-0.4, -0.2) is 58.5 Å². The Morgan fingerprint density at radius 1 is 1.13 bits per heavy atom. The molecule has 0 bridgehead atoms. The minimum absolute atomic E-state index is 0.0404. The number of nitrogens with one attached hydrogen (secondary N) is 1. The average Bonchev–Trinajstić information content (AvgIpc) is 3.61. The Balaban J connectivity index is 0.000000405. The smallest absolute Gasteiger partial charge is 0.329 e. The van der Waals surface area contributed by atoms with Crippen molar-refractivity contribution in [2.45, 2.75) is 66.7 Å². The van der Waals surface area contributed by atoms with E-state index in [1.54, 1.807) is 48.4 Å². The van der Waals surface area contributed by atoms with Gasteiger partial charge in [0.05, 0.1) is 40.8 Å². The van der Waals surface area contributed by atoms with Gasteiger partial charge in [-0.25, -0.2) is 4.99 Å². The quantitative estimate of drug-likeness (QED) is 0.325. The highest BCUT2D eigenvalue weighted by atomic mass is 79.9. The molecule has 0 atom stereocenters. The van der Waals surface area contributed by atoms with E-state index in [9.17, 15) is 18.0 Å². The number of alkyl halides is 3. The van der Waals surface area contributed by atoms with E-state index in [4.69, 9.17) is 0 Å². The number of amidine groups is 1. The Morgan fingerprint density at radius 3 is 2.29 bits per heavy atom. The number of aromatic nitrogens is 3. The summed E-state index contributed by atoms with van der Waals surface area (Å²) in [5.41, 5.74) is 2.29. The maximum Gasteiger partial charge on any atom is 0.406 e. The fourth-order valence-electron chi connectivity index (χ4n) is 3.37.